The highest BCUT2D eigenvalue weighted by atomic mass is 32.1. The molecule has 0 atom stereocenters. The average Bonchev–Trinajstić information content (AvgIpc) is 2.38. The lowest BCUT2D eigenvalue weighted by Gasteiger charge is -2.19. The van der Waals surface area contributed by atoms with E-state index in [4.69, 9.17) is 18.9 Å². The fraction of sp³-hybridized carbons (Fsp3) is 0.857. The third-order valence-electron chi connectivity index (χ3n) is 2.03. The number of nitrogens with zero attached hydrogens (tertiary/aromatic N) is 1. The van der Waals surface area contributed by atoms with Crippen molar-refractivity contribution in [3.05, 3.63) is 0 Å². The van der Waals surface area contributed by atoms with E-state index in [-0.39, 0.29) is 12.4 Å². The summed E-state index contributed by atoms with van der Waals surface area (Å²) < 4.78 is 21.0. The molecule has 0 saturated heterocycles. The number of esters is 1. The van der Waals surface area contributed by atoms with Crippen LogP contribution < -0.4 is 0 Å². The Morgan fingerprint density at radius 1 is 1.00 bits per heavy atom. The number of hydrogen-bond donors (Lipinski definition) is 0. The number of thiocarbonyl (C=S) groups is 1. The zero-order valence-corrected chi connectivity index (χ0v) is 13.9. The van der Waals surface area contributed by atoms with E-state index in [0.29, 0.717) is 46.2 Å². The van der Waals surface area contributed by atoms with Crippen LogP contribution in [0.1, 0.15) is 27.2 Å². The van der Waals surface area contributed by atoms with Crippen molar-refractivity contribution in [2.24, 2.45) is 4.99 Å². The Balaban J connectivity index is 3.22. The highest BCUT2D eigenvalue weighted by Crippen LogP contribution is 2.07. The van der Waals surface area contributed by atoms with Crippen LogP contribution in [0.15, 0.2) is 4.99 Å². The lowest BCUT2D eigenvalue weighted by Crippen LogP contribution is -2.24. The van der Waals surface area contributed by atoms with Gasteiger partial charge in [-0.3, -0.25) is 4.79 Å². The zero-order chi connectivity index (χ0) is 16.0. The Hall–Kier alpha value is -0.850. The smallest absolute Gasteiger partial charge is 0.308 e. The molecule has 0 aliphatic heterocycles. The number of rotatable bonds is 12. The van der Waals surface area contributed by atoms with Crippen LogP contribution >= 0.6 is 12.2 Å². The summed E-state index contributed by atoms with van der Waals surface area (Å²) in [5.74, 6) is -0.254. The van der Waals surface area contributed by atoms with Crippen molar-refractivity contribution in [2.45, 2.75) is 32.8 Å². The number of carbonyl (C=O) groups excluding carboxylic acids is 1. The lowest BCUT2D eigenvalue weighted by atomic mass is 10.2. The van der Waals surface area contributed by atoms with Crippen molar-refractivity contribution < 1.29 is 23.7 Å². The molecule has 0 rings (SSSR count). The molecular weight excluding hydrogens is 294 g/mol. The molecule has 0 N–H and O–H groups in total. The molecule has 6 nitrogen and oxygen atoms in total. The second kappa shape index (κ2) is 12.9. The maximum absolute atomic E-state index is 11.4. The van der Waals surface area contributed by atoms with Gasteiger partial charge in [0.1, 0.15) is 5.60 Å². The van der Waals surface area contributed by atoms with Crippen LogP contribution in [0.2, 0.25) is 0 Å². The topological polar surface area (TPSA) is 66.4 Å². The van der Waals surface area contributed by atoms with Crippen molar-refractivity contribution >= 4 is 23.3 Å². The highest BCUT2D eigenvalue weighted by Gasteiger charge is 2.15. The molecule has 0 aromatic heterocycles. The number of aliphatic imine (C=N–C) groups is 1. The predicted molar refractivity (Wildman–Crippen MR) is 82.8 cm³/mol. The number of ether oxygens (including phenoxy) is 4. The third-order valence-corrected chi connectivity index (χ3v) is 2.16. The Morgan fingerprint density at radius 3 is 2.05 bits per heavy atom. The van der Waals surface area contributed by atoms with E-state index < -0.39 is 5.60 Å². The first-order chi connectivity index (χ1) is 9.95. The largest absolute Gasteiger partial charge is 0.460 e. The summed E-state index contributed by atoms with van der Waals surface area (Å²) in [6, 6.07) is 0. The normalized spacial score (nSPS) is 11.0. The fourth-order valence-electron chi connectivity index (χ4n) is 1.25. The number of isothiocyanates is 1. The van der Waals surface area contributed by atoms with Crippen LogP contribution in [0.4, 0.5) is 0 Å². The standard InChI is InChI=1S/C14H25NO5S/c1-14(2,3)20-13(16)4-6-17-8-10-19-11-9-18-7-5-15-12-21/h4-11H2,1-3H3. The molecule has 0 spiro atoms. The van der Waals surface area contributed by atoms with Crippen LogP contribution in [-0.2, 0) is 23.7 Å². The molecule has 0 saturated carbocycles. The maximum Gasteiger partial charge on any atom is 0.308 e. The first-order valence-electron chi connectivity index (χ1n) is 6.94. The van der Waals surface area contributed by atoms with E-state index in [0.717, 1.165) is 0 Å². The number of hydrogen-bond acceptors (Lipinski definition) is 7. The van der Waals surface area contributed by atoms with Crippen LogP contribution in [0, 0.1) is 0 Å². The van der Waals surface area contributed by atoms with Gasteiger partial charge in [0.2, 0.25) is 0 Å². The summed E-state index contributed by atoms with van der Waals surface area (Å²) in [5.41, 5.74) is -0.450. The monoisotopic (exact) mass is 319 g/mol. The molecule has 0 aliphatic rings. The van der Waals surface area contributed by atoms with Gasteiger partial charge < -0.3 is 18.9 Å². The molecule has 0 fully saturated rings. The van der Waals surface area contributed by atoms with E-state index in [2.05, 4.69) is 22.4 Å². The van der Waals surface area contributed by atoms with Crippen LogP contribution in [0.5, 0.6) is 0 Å². The molecule has 0 bridgehead atoms. The molecule has 21 heavy (non-hydrogen) atoms. The van der Waals surface area contributed by atoms with E-state index in [9.17, 15) is 4.79 Å². The summed E-state index contributed by atoms with van der Waals surface area (Å²) in [4.78, 5) is 15.1. The quantitative estimate of drug-likeness (QED) is 0.237. The van der Waals surface area contributed by atoms with Gasteiger partial charge in [0.15, 0.2) is 0 Å². The molecule has 122 valence electrons. The van der Waals surface area contributed by atoms with E-state index >= 15 is 0 Å². The van der Waals surface area contributed by atoms with Gasteiger partial charge >= 0.3 is 5.97 Å². The van der Waals surface area contributed by atoms with Gasteiger partial charge in [-0.1, -0.05) is 0 Å². The first-order valence-corrected chi connectivity index (χ1v) is 7.35. The van der Waals surface area contributed by atoms with Crippen molar-refractivity contribution in [2.75, 3.05) is 46.2 Å². The maximum atomic E-state index is 11.4. The van der Waals surface area contributed by atoms with E-state index in [1.807, 2.05) is 20.8 Å². The molecule has 7 heteroatoms. The van der Waals surface area contributed by atoms with Gasteiger partial charge in [-0.05, 0) is 33.0 Å². The first kappa shape index (κ1) is 20.1. The molecule has 0 aromatic carbocycles. The van der Waals surface area contributed by atoms with Gasteiger partial charge in [-0.25, -0.2) is 4.99 Å². The van der Waals surface area contributed by atoms with Crippen molar-refractivity contribution in [1.82, 2.24) is 0 Å². The molecule has 0 heterocycles. The Bertz CT molecular complexity index is 324. The van der Waals surface area contributed by atoms with Gasteiger partial charge in [-0.15, -0.1) is 0 Å². The SMILES string of the molecule is CC(C)(C)OC(=O)CCOCCOCCOCCN=C=S. The summed E-state index contributed by atoms with van der Waals surface area (Å²) in [5, 5.41) is 2.27. The third kappa shape index (κ3) is 17.1. The van der Waals surface area contributed by atoms with Gasteiger partial charge in [0.25, 0.3) is 0 Å². The Morgan fingerprint density at radius 2 is 1.52 bits per heavy atom. The minimum absolute atomic E-state index is 0.251. The zero-order valence-electron chi connectivity index (χ0n) is 13.1. The van der Waals surface area contributed by atoms with Crippen molar-refractivity contribution in [1.29, 1.82) is 0 Å². The second-order valence-corrected chi connectivity index (χ2v) is 5.33. The molecule has 0 aromatic rings. The van der Waals surface area contributed by atoms with Crippen molar-refractivity contribution in [3.63, 3.8) is 0 Å². The summed E-state index contributed by atoms with van der Waals surface area (Å²) in [6.45, 7) is 8.80. The molecule has 0 aliphatic carbocycles. The predicted octanol–water partition coefficient (Wildman–Crippen LogP) is 1.87. The van der Waals surface area contributed by atoms with Crippen LogP contribution in [0.3, 0.4) is 0 Å². The molecule has 0 radical (unpaired) electrons. The summed E-state index contributed by atoms with van der Waals surface area (Å²) >= 11 is 4.42. The Kier molecular flexibility index (Phi) is 12.3. The number of carbonyl (C=O) groups is 1. The Labute approximate surface area is 131 Å². The average molecular weight is 319 g/mol. The molecule has 0 unspecified atom stereocenters. The van der Waals surface area contributed by atoms with Crippen LogP contribution in [0.25, 0.3) is 0 Å². The minimum Gasteiger partial charge on any atom is -0.460 e. The van der Waals surface area contributed by atoms with Gasteiger partial charge in [-0.2, -0.15) is 0 Å². The second-order valence-electron chi connectivity index (χ2n) is 5.15. The van der Waals surface area contributed by atoms with Gasteiger partial charge in [0.05, 0.1) is 57.8 Å². The van der Waals surface area contributed by atoms with E-state index in [1.165, 1.54) is 0 Å². The molecule has 0 amide bonds. The summed E-state index contributed by atoms with van der Waals surface area (Å²) in [6.07, 6.45) is 0.251. The van der Waals surface area contributed by atoms with E-state index in [1.54, 1.807) is 0 Å². The lowest BCUT2D eigenvalue weighted by molar-refractivity contribution is -0.156. The van der Waals surface area contributed by atoms with Crippen molar-refractivity contribution in [3.8, 4) is 0 Å². The molecular formula is C14H25NO5S. The van der Waals surface area contributed by atoms with Gasteiger partial charge in [0, 0.05) is 0 Å². The fourth-order valence-corrected chi connectivity index (χ4v) is 1.34. The highest BCUT2D eigenvalue weighted by molar-refractivity contribution is 7.78. The van der Waals surface area contributed by atoms with Crippen LogP contribution in [-0.4, -0.2) is 62.9 Å². The summed E-state index contributed by atoms with van der Waals surface area (Å²) in [7, 11) is 0. The minimum atomic E-state index is -0.450.